The Hall–Kier alpha value is -0.730. The smallest absolute Gasteiger partial charge is 0.268 e. The fourth-order valence-corrected chi connectivity index (χ4v) is 2.60. The number of amidine groups is 1. The number of hydrazone groups is 1. The van der Waals surface area contributed by atoms with Gasteiger partial charge in [-0.25, -0.2) is 4.21 Å². The average Bonchev–Trinajstić information content (AvgIpc) is 2.84. The molecule has 2 rings (SSSR count). The van der Waals surface area contributed by atoms with E-state index in [2.05, 4.69) is 26.5 Å². The summed E-state index contributed by atoms with van der Waals surface area (Å²) in [6.07, 6.45) is 1.44. The van der Waals surface area contributed by atoms with E-state index in [0.717, 1.165) is 0 Å². The van der Waals surface area contributed by atoms with Gasteiger partial charge in [-0.15, -0.1) is 0 Å². The number of amides is 1. The number of nitrogens with zero attached hydrogens (tertiary/aromatic N) is 2. The molecule has 2 heterocycles. The SMILES string of the molecule is CC1=C(Br)C(=O)N(C2=NNCC2)C1OS(C)=O. The predicted octanol–water partition coefficient (Wildman–Crippen LogP) is 0.440. The Labute approximate surface area is 110 Å². The Bertz CT molecular complexity index is 449. The van der Waals surface area contributed by atoms with E-state index in [9.17, 15) is 9.00 Å². The molecule has 2 aliphatic rings. The molecule has 2 aliphatic heterocycles. The van der Waals surface area contributed by atoms with Crippen molar-refractivity contribution < 1.29 is 13.2 Å². The Balaban J connectivity index is 2.30. The van der Waals surface area contributed by atoms with Gasteiger partial charge in [0.05, 0.1) is 4.48 Å². The zero-order valence-electron chi connectivity index (χ0n) is 9.40. The van der Waals surface area contributed by atoms with E-state index in [1.165, 1.54) is 11.2 Å². The van der Waals surface area contributed by atoms with Gasteiger partial charge in [-0.3, -0.25) is 13.9 Å². The molecule has 0 bridgehead atoms. The molecule has 6 nitrogen and oxygen atoms in total. The number of halogens is 1. The topological polar surface area (TPSA) is 71.0 Å². The second-order valence-electron chi connectivity index (χ2n) is 3.71. The van der Waals surface area contributed by atoms with Gasteiger partial charge in [-0.1, -0.05) is 0 Å². The summed E-state index contributed by atoms with van der Waals surface area (Å²) in [6.45, 7) is 2.46. The van der Waals surface area contributed by atoms with Crippen LogP contribution in [-0.4, -0.2) is 39.9 Å². The Morgan fingerprint density at radius 3 is 2.88 bits per heavy atom. The van der Waals surface area contributed by atoms with E-state index < -0.39 is 17.3 Å². The molecule has 0 radical (unpaired) electrons. The van der Waals surface area contributed by atoms with Crippen LogP contribution in [0.25, 0.3) is 0 Å². The molecule has 0 spiro atoms. The van der Waals surface area contributed by atoms with Gasteiger partial charge in [0.2, 0.25) is 0 Å². The molecule has 0 aliphatic carbocycles. The summed E-state index contributed by atoms with van der Waals surface area (Å²) < 4.78 is 16.9. The van der Waals surface area contributed by atoms with E-state index in [0.29, 0.717) is 28.9 Å². The maximum Gasteiger partial charge on any atom is 0.268 e. The first kappa shape index (κ1) is 12.7. The first-order valence-electron chi connectivity index (χ1n) is 5.02. The third kappa shape index (κ3) is 2.29. The molecule has 1 N–H and O–H groups in total. The molecule has 0 saturated carbocycles. The van der Waals surface area contributed by atoms with Gasteiger partial charge < -0.3 is 5.43 Å². The van der Waals surface area contributed by atoms with Crippen molar-refractivity contribution in [1.82, 2.24) is 10.3 Å². The van der Waals surface area contributed by atoms with Gasteiger partial charge in [0.1, 0.15) is 5.84 Å². The third-order valence-corrected chi connectivity index (χ3v) is 3.95. The highest BCUT2D eigenvalue weighted by atomic mass is 79.9. The molecular weight excluding hydrogens is 310 g/mol. The van der Waals surface area contributed by atoms with Crippen LogP contribution in [0, 0.1) is 0 Å². The zero-order chi connectivity index (χ0) is 12.6. The number of nitrogens with one attached hydrogen (secondary N) is 1. The largest absolute Gasteiger partial charge is 0.308 e. The average molecular weight is 322 g/mol. The molecule has 1 amide bonds. The van der Waals surface area contributed by atoms with Crippen LogP contribution in [0.3, 0.4) is 0 Å². The number of rotatable bonds is 2. The molecular formula is C9H12BrN3O3S. The minimum absolute atomic E-state index is 0.208. The molecule has 17 heavy (non-hydrogen) atoms. The number of carbonyl (C=O) groups is 1. The van der Waals surface area contributed by atoms with Crippen LogP contribution in [0.1, 0.15) is 13.3 Å². The summed E-state index contributed by atoms with van der Waals surface area (Å²) >= 11 is 1.77. The molecule has 8 heteroatoms. The highest BCUT2D eigenvalue weighted by Gasteiger charge is 2.41. The Morgan fingerprint density at radius 2 is 2.35 bits per heavy atom. The van der Waals surface area contributed by atoms with Gasteiger partial charge in [-0.05, 0) is 28.4 Å². The Kier molecular flexibility index (Phi) is 3.64. The maximum atomic E-state index is 12.0. The lowest BCUT2D eigenvalue weighted by Crippen LogP contribution is -2.41. The van der Waals surface area contributed by atoms with Crippen LogP contribution in [-0.2, 0) is 20.1 Å². The van der Waals surface area contributed by atoms with Crippen LogP contribution in [0.4, 0.5) is 0 Å². The van der Waals surface area contributed by atoms with Crippen LogP contribution < -0.4 is 5.43 Å². The minimum Gasteiger partial charge on any atom is -0.308 e. The highest BCUT2D eigenvalue weighted by molar-refractivity contribution is 9.12. The van der Waals surface area contributed by atoms with E-state index >= 15 is 0 Å². The van der Waals surface area contributed by atoms with Crippen LogP contribution in [0.2, 0.25) is 0 Å². The molecule has 0 aromatic heterocycles. The van der Waals surface area contributed by atoms with Crippen molar-refractivity contribution in [2.24, 2.45) is 5.10 Å². The summed E-state index contributed by atoms with van der Waals surface area (Å²) in [5.74, 6) is 0.402. The number of carbonyl (C=O) groups excluding carboxylic acids is 1. The predicted molar refractivity (Wildman–Crippen MR) is 67.5 cm³/mol. The molecule has 2 unspecified atom stereocenters. The molecule has 0 fully saturated rings. The van der Waals surface area contributed by atoms with Gasteiger partial charge in [0, 0.05) is 19.2 Å². The van der Waals surface area contributed by atoms with Gasteiger partial charge in [0.15, 0.2) is 17.3 Å². The lowest BCUT2D eigenvalue weighted by atomic mass is 10.3. The van der Waals surface area contributed by atoms with Crippen molar-refractivity contribution >= 4 is 38.8 Å². The maximum absolute atomic E-state index is 12.0. The molecule has 0 aromatic rings. The van der Waals surface area contributed by atoms with E-state index in [1.54, 1.807) is 6.92 Å². The van der Waals surface area contributed by atoms with Crippen LogP contribution >= 0.6 is 15.9 Å². The van der Waals surface area contributed by atoms with E-state index in [4.69, 9.17) is 4.18 Å². The minimum atomic E-state index is -1.45. The van der Waals surface area contributed by atoms with Crippen molar-refractivity contribution in [2.75, 3.05) is 12.8 Å². The third-order valence-electron chi connectivity index (χ3n) is 2.53. The fraction of sp³-hybridized carbons (Fsp3) is 0.556. The van der Waals surface area contributed by atoms with E-state index in [1.807, 2.05) is 0 Å². The van der Waals surface area contributed by atoms with Crippen molar-refractivity contribution in [3.63, 3.8) is 0 Å². The summed E-state index contributed by atoms with van der Waals surface area (Å²) in [5.41, 5.74) is 3.51. The van der Waals surface area contributed by atoms with Gasteiger partial charge in [0.25, 0.3) is 5.91 Å². The van der Waals surface area contributed by atoms with Crippen molar-refractivity contribution in [3.8, 4) is 0 Å². The van der Waals surface area contributed by atoms with Gasteiger partial charge in [-0.2, -0.15) is 5.10 Å². The molecule has 2 atom stereocenters. The van der Waals surface area contributed by atoms with Crippen molar-refractivity contribution in [3.05, 3.63) is 10.1 Å². The fourth-order valence-electron chi connectivity index (χ4n) is 1.72. The lowest BCUT2D eigenvalue weighted by Gasteiger charge is -2.23. The first-order valence-corrected chi connectivity index (χ1v) is 7.29. The molecule has 0 aromatic carbocycles. The second kappa shape index (κ2) is 4.87. The van der Waals surface area contributed by atoms with Crippen LogP contribution in [0.5, 0.6) is 0 Å². The van der Waals surface area contributed by atoms with Crippen LogP contribution in [0.15, 0.2) is 15.2 Å². The molecule has 0 saturated heterocycles. The first-order chi connectivity index (χ1) is 8.02. The summed E-state index contributed by atoms with van der Waals surface area (Å²) in [7, 11) is 0. The Morgan fingerprint density at radius 1 is 1.65 bits per heavy atom. The van der Waals surface area contributed by atoms with Crippen molar-refractivity contribution in [1.29, 1.82) is 0 Å². The summed E-state index contributed by atoms with van der Waals surface area (Å²) in [4.78, 5) is 13.5. The zero-order valence-corrected chi connectivity index (χ0v) is 11.8. The number of hydrogen-bond donors (Lipinski definition) is 1. The lowest BCUT2D eigenvalue weighted by molar-refractivity contribution is -0.124. The standard InChI is InChI=1S/C9H12BrN3O3S/c1-5-7(10)8(14)13(6-3-4-11-12-6)9(5)16-17(2)15/h9,11H,3-4H2,1-2H3. The summed E-state index contributed by atoms with van der Waals surface area (Å²) in [5, 5.41) is 4.04. The number of hydrogen-bond acceptors (Lipinski definition) is 5. The summed E-state index contributed by atoms with van der Waals surface area (Å²) in [6, 6.07) is 0. The van der Waals surface area contributed by atoms with Crippen molar-refractivity contribution in [2.45, 2.75) is 19.6 Å². The van der Waals surface area contributed by atoms with E-state index in [-0.39, 0.29) is 5.91 Å². The second-order valence-corrected chi connectivity index (χ2v) is 5.50. The normalized spacial score (nSPS) is 26.3. The van der Waals surface area contributed by atoms with Gasteiger partial charge >= 0.3 is 0 Å². The molecule has 94 valence electrons. The highest BCUT2D eigenvalue weighted by Crippen LogP contribution is 2.31. The monoisotopic (exact) mass is 321 g/mol. The quantitative estimate of drug-likeness (QED) is 0.801.